The number of nitrogens with two attached hydrogens (primary N) is 1. The smallest absolute Gasteiger partial charge is 0.221 e. The van der Waals surface area contributed by atoms with Gasteiger partial charge in [0.05, 0.1) is 0 Å². The van der Waals surface area contributed by atoms with E-state index in [1.807, 2.05) is 0 Å². The maximum atomic E-state index is 11.8. The van der Waals surface area contributed by atoms with Crippen LogP contribution in [0.25, 0.3) is 0 Å². The lowest BCUT2D eigenvalue weighted by atomic mass is 10.1. The molecule has 0 aliphatic heterocycles. The van der Waals surface area contributed by atoms with E-state index in [-0.39, 0.29) is 11.9 Å². The first kappa shape index (κ1) is 17.1. The molecule has 1 aromatic heterocycles. The van der Waals surface area contributed by atoms with Gasteiger partial charge >= 0.3 is 0 Å². The van der Waals surface area contributed by atoms with Gasteiger partial charge in [0.2, 0.25) is 5.91 Å². The number of rotatable bonds is 9. The van der Waals surface area contributed by atoms with Gasteiger partial charge in [0.15, 0.2) is 0 Å². The topological polar surface area (TPSA) is 58.4 Å². The Morgan fingerprint density at radius 1 is 1.55 bits per heavy atom. The summed E-state index contributed by atoms with van der Waals surface area (Å²) in [5, 5.41) is 5.02. The Balaban J connectivity index is 2.48. The summed E-state index contributed by atoms with van der Waals surface area (Å²) in [6.07, 6.45) is 2.44. The number of thiophene rings is 1. The zero-order chi connectivity index (χ0) is 15.0. The number of nitrogens with zero attached hydrogens (tertiary/aromatic N) is 1. The minimum Gasteiger partial charge on any atom is -0.356 e. The lowest BCUT2D eigenvalue weighted by Gasteiger charge is -2.32. The number of hydrogen-bond acceptors (Lipinski definition) is 4. The van der Waals surface area contributed by atoms with Crippen molar-refractivity contribution < 1.29 is 4.79 Å². The molecular weight excluding hydrogens is 270 g/mol. The Bertz CT molecular complexity index is 380. The third kappa shape index (κ3) is 5.61. The SMILES string of the molecule is CCCNC(=O)CC(CN)N(C)C(C)Cc1cccs1. The molecule has 0 saturated heterocycles. The van der Waals surface area contributed by atoms with Gasteiger partial charge in [0.25, 0.3) is 0 Å². The number of hydrogen-bond donors (Lipinski definition) is 2. The van der Waals surface area contributed by atoms with E-state index in [1.165, 1.54) is 4.88 Å². The number of nitrogens with one attached hydrogen (secondary N) is 1. The summed E-state index contributed by atoms with van der Waals surface area (Å²) in [4.78, 5) is 15.4. The molecule has 114 valence electrons. The first-order valence-electron chi connectivity index (χ1n) is 7.29. The van der Waals surface area contributed by atoms with Crippen LogP contribution in [0.15, 0.2) is 17.5 Å². The largest absolute Gasteiger partial charge is 0.356 e. The summed E-state index contributed by atoms with van der Waals surface area (Å²) in [7, 11) is 2.06. The zero-order valence-corrected chi connectivity index (χ0v) is 13.6. The van der Waals surface area contributed by atoms with Gasteiger partial charge < -0.3 is 11.1 Å². The van der Waals surface area contributed by atoms with E-state index in [4.69, 9.17) is 5.73 Å². The fourth-order valence-electron chi connectivity index (χ4n) is 2.17. The Kier molecular flexibility index (Phi) is 7.80. The van der Waals surface area contributed by atoms with Crippen LogP contribution < -0.4 is 11.1 Å². The van der Waals surface area contributed by atoms with Crippen molar-refractivity contribution in [1.82, 2.24) is 10.2 Å². The Labute approximate surface area is 126 Å². The van der Waals surface area contributed by atoms with Crippen LogP contribution in [-0.2, 0) is 11.2 Å². The molecule has 20 heavy (non-hydrogen) atoms. The maximum Gasteiger partial charge on any atom is 0.221 e. The second kappa shape index (κ2) is 9.10. The van der Waals surface area contributed by atoms with Crippen LogP contribution in [0.1, 0.15) is 31.6 Å². The molecule has 0 fully saturated rings. The summed E-state index contributed by atoms with van der Waals surface area (Å²) in [5.74, 6) is 0.0949. The van der Waals surface area contributed by atoms with Crippen LogP contribution in [0.3, 0.4) is 0 Å². The molecular formula is C15H27N3OS. The van der Waals surface area contributed by atoms with Gasteiger partial charge in [0, 0.05) is 36.5 Å². The molecule has 0 radical (unpaired) electrons. The van der Waals surface area contributed by atoms with Crippen LogP contribution in [0.2, 0.25) is 0 Å². The fraction of sp³-hybridized carbons (Fsp3) is 0.667. The van der Waals surface area contributed by atoms with Crippen LogP contribution in [0.4, 0.5) is 0 Å². The molecule has 0 aromatic carbocycles. The van der Waals surface area contributed by atoms with Crippen LogP contribution >= 0.6 is 11.3 Å². The average molecular weight is 297 g/mol. The highest BCUT2D eigenvalue weighted by molar-refractivity contribution is 7.09. The van der Waals surface area contributed by atoms with E-state index >= 15 is 0 Å². The highest BCUT2D eigenvalue weighted by Crippen LogP contribution is 2.15. The fourth-order valence-corrected chi connectivity index (χ4v) is 2.99. The van der Waals surface area contributed by atoms with Gasteiger partial charge in [-0.15, -0.1) is 11.3 Å². The Morgan fingerprint density at radius 3 is 2.85 bits per heavy atom. The van der Waals surface area contributed by atoms with Crippen LogP contribution in [-0.4, -0.2) is 43.0 Å². The minimum absolute atomic E-state index is 0.0949. The molecule has 4 nitrogen and oxygen atoms in total. The minimum atomic E-state index is 0.0949. The molecule has 5 heteroatoms. The van der Waals surface area contributed by atoms with Crippen molar-refractivity contribution in [3.05, 3.63) is 22.4 Å². The molecule has 2 atom stereocenters. The van der Waals surface area contributed by atoms with Gasteiger partial charge in [0.1, 0.15) is 0 Å². The van der Waals surface area contributed by atoms with Gasteiger partial charge in [-0.3, -0.25) is 9.69 Å². The molecule has 0 aliphatic rings. The summed E-state index contributed by atoms with van der Waals surface area (Å²) in [6.45, 7) is 5.48. The van der Waals surface area contributed by atoms with E-state index in [9.17, 15) is 4.79 Å². The molecule has 1 rings (SSSR count). The molecule has 1 aromatic rings. The second-order valence-electron chi connectivity index (χ2n) is 5.24. The zero-order valence-electron chi connectivity index (χ0n) is 12.8. The monoisotopic (exact) mass is 297 g/mol. The molecule has 0 spiro atoms. The van der Waals surface area contributed by atoms with E-state index in [0.29, 0.717) is 19.0 Å². The molecule has 0 bridgehead atoms. The predicted molar refractivity (Wildman–Crippen MR) is 86.0 cm³/mol. The maximum absolute atomic E-state index is 11.8. The second-order valence-corrected chi connectivity index (χ2v) is 6.27. The van der Waals surface area contributed by atoms with Crippen LogP contribution in [0.5, 0.6) is 0 Å². The normalized spacial score (nSPS) is 14.2. The average Bonchev–Trinajstić information content (AvgIpc) is 2.94. The van der Waals surface area contributed by atoms with Gasteiger partial charge in [-0.05, 0) is 38.3 Å². The standard InChI is InChI=1S/C15H27N3OS/c1-4-7-17-15(19)10-13(11-16)18(3)12(2)9-14-6-5-8-20-14/h5-6,8,12-13H,4,7,9-11,16H2,1-3H3,(H,17,19). The molecule has 1 heterocycles. The molecule has 1 amide bonds. The van der Waals surface area contributed by atoms with Gasteiger partial charge in [-0.25, -0.2) is 0 Å². The van der Waals surface area contributed by atoms with Crippen molar-refractivity contribution in [2.45, 2.75) is 45.2 Å². The van der Waals surface area contributed by atoms with Crippen molar-refractivity contribution >= 4 is 17.2 Å². The summed E-state index contributed by atoms with van der Waals surface area (Å²) >= 11 is 1.78. The highest BCUT2D eigenvalue weighted by atomic mass is 32.1. The molecule has 2 unspecified atom stereocenters. The van der Waals surface area contributed by atoms with Crippen LogP contribution in [0, 0.1) is 0 Å². The third-order valence-corrected chi connectivity index (χ3v) is 4.51. The summed E-state index contributed by atoms with van der Waals surface area (Å²) in [6, 6.07) is 4.70. The Hall–Kier alpha value is -0.910. The van der Waals surface area contributed by atoms with E-state index in [0.717, 1.165) is 19.4 Å². The van der Waals surface area contributed by atoms with Crippen molar-refractivity contribution in [1.29, 1.82) is 0 Å². The molecule has 3 N–H and O–H groups in total. The first-order valence-corrected chi connectivity index (χ1v) is 8.17. The number of amides is 1. The van der Waals surface area contributed by atoms with Gasteiger partial charge in [-0.2, -0.15) is 0 Å². The Morgan fingerprint density at radius 2 is 2.30 bits per heavy atom. The van der Waals surface area contributed by atoms with Crippen molar-refractivity contribution in [2.75, 3.05) is 20.1 Å². The first-order chi connectivity index (χ1) is 9.58. The van der Waals surface area contributed by atoms with Crippen molar-refractivity contribution in [3.8, 4) is 0 Å². The van der Waals surface area contributed by atoms with E-state index < -0.39 is 0 Å². The number of carbonyl (C=O) groups is 1. The van der Waals surface area contributed by atoms with Gasteiger partial charge in [-0.1, -0.05) is 13.0 Å². The summed E-state index contributed by atoms with van der Waals surface area (Å²) < 4.78 is 0. The van der Waals surface area contributed by atoms with Crippen molar-refractivity contribution in [3.63, 3.8) is 0 Å². The molecule has 0 saturated carbocycles. The third-order valence-electron chi connectivity index (χ3n) is 3.61. The van der Waals surface area contributed by atoms with E-state index in [2.05, 4.69) is 48.6 Å². The number of likely N-dealkylation sites (N-methyl/N-ethyl adjacent to an activating group) is 1. The molecule has 0 aliphatic carbocycles. The van der Waals surface area contributed by atoms with Crippen molar-refractivity contribution in [2.24, 2.45) is 5.73 Å². The quantitative estimate of drug-likeness (QED) is 0.731. The highest BCUT2D eigenvalue weighted by Gasteiger charge is 2.21. The predicted octanol–water partition coefficient (Wildman–Crippen LogP) is 1.85. The van der Waals surface area contributed by atoms with E-state index in [1.54, 1.807) is 11.3 Å². The number of carbonyl (C=O) groups excluding carboxylic acids is 1. The lowest BCUT2D eigenvalue weighted by molar-refractivity contribution is -0.122. The lowest BCUT2D eigenvalue weighted by Crippen LogP contribution is -2.46. The summed E-state index contributed by atoms with van der Waals surface area (Å²) in [5.41, 5.74) is 5.84.